The van der Waals surface area contributed by atoms with E-state index in [0.29, 0.717) is 27.2 Å². The predicted molar refractivity (Wildman–Crippen MR) is 111 cm³/mol. The van der Waals surface area contributed by atoms with Gasteiger partial charge in [0, 0.05) is 16.7 Å². The second-order valence-corrected chi connectivity index (χ2v) is 9.65. The lowest BCUT2D eigenvalue weighted by Crippen LogP contribution is -2.70. The number of nitrogens with two attached hydrogens (primary N) is 1. The van der Waals surface area contributed by atoms with Crippen molar-refractivity contribution >= 4 is 74.7 Å². The Bertz CT molecular complexity index is 1020. The van der Waals surface area contributed by atoms with E-state index >= 15 is 0 Å². The zero-order chi connectivity index (χ0) is 20.0. The number of hydrogen-bond donors (Lipinski definition) is 3. The molecule has 146 valence electrons. The second-order valence-electron chi connectivity index (χ2n) is 6.07. The van der Waals surface area contributed by atoms with Crippen molar-refractivity contribution in [1.29, 1.82) is 0 Å². The fourth-order valence-corrected chi connectivity index (χ4v) is 5.97. The number of anilines is 1. The molecule has 0 bridgehead atoms. The molecule has 0 saturated carbocycles. The number of nitrogens with one attached hydrogen (secondary N) is 1. The Labute approximate surface area is 177 Å². The lowest BCUT2D eigenvalue weighted by atomic mass is 10.0. The molecule has 2 aromatic rings. The van der Waals surface area contributed by atoms with Crippen LogP contribution in [-0.2, 0) is 20.8 Å². The molecule has 1 fully saturated rings. The van der Waals surface area contributed by atoms with E-state index in [1.807, 2.05) is 6.92 Å². The molecule has 13 heteroatoms. The molecule has 3 N–H and O–H groups in total. The fraction of sp³-hybridized carbons (Fsp3) is 0.333. The average molecular weight is 455 g/mol. The van der Waals surface area contributed by atoms with Crippen LogP contribution in [-0.4, -0.2) is 54.2 Å². The van der Waals surface area contributed by atoms with Crippen molar-refractivity contribution < 1.29 is 14.4 Å². The quantitative estimate of drug-likeness (QED) is 0.444. The van der Waals surface area contributed by atoms with Gasteiger partial charge in [0.25, 0.3) is 5.91 Å². The van der Waals surface area contributed by atoms with Gasteiger partial charge < -0.3 is 11.1 Å². The second kappa shape index (κ2) is 7.46. The third-order valence-electron chi connectivity index (χ3n) is 4.18. The number of thioether (sulfide) groups is 1. The Morgan fingerprint density at radius 1 is 1.43 bits per heavy atom. The van der Waals surface area contributed by atoms with E-state index in [-0.39, 0.29) is 29.3 Å². The van der Waals surface area contributed by atoms with Crippen LogP contribution in [0, 0.1) is 6.92 Å². The maximum Gasteiger partial charge on any atom is 0.253 e. The van der Waals surface area contributed by atoms with Crippen LogP contribution in [0.4, 0.5) is 5.13 Å². The number of aromatic nitrogens is 3. The number of hydrogen-bond acceptors (Lipinski definition) is 10. The van der Waals surface area contributed by atoms with Crippen molar-refractivity contribution in [3.05, 3.63) is 26.8 Å². The maximum atomic E-state index is 12.7. The monoisotopic (exact) mass is 454 g/mol. The lowest BCUT2D eigenvalue weighted by molar-refractivity contribution is -0.146. The van der Waals surface area contributed by atoms with Crippen LogP contribution in [0.25, 0.3) is 5.57 Å². The number of nitrogens with zero attached hydrogens (tertiary/aromatic N) is 4. The van der Waals surface area contributed by atoms with Crippen LogP contribution in [0.5, 0.6) is 0 Å². The molecule has 0 radical (unpaired) electrons. The Hall–Kier alpha value is -1.96. The van der Waals surface area contributed by atoms with Crippen LogP contribution >= 0.6 is 47.1 Å². The summed E-state index contributed by atoms with van der Waals surface area (Å²) >= 11 is 8.02. The molecule has 0 unspecified atom stereocenters. The highest BCUT2D eigenvalue weighted by molar-refractivity contribution is 8.00. The highest BCUT2D eigenvalue weighted by Crippen LogP contribution is 2.44. The third kappa shape index (κ3) is 3.43. The molecular formula is C15H14N6O3S4. The first-order valence-electron chi connectivity index (χ1n) is 8.06. The van der Waals surface area contributed by atoms with Crippen LogP contribution in [0.1, 0.15) is 15.7 Å². The van der Waals surface area contributed by atoms with E-state index in [4.69, 9.17) is 5.73 Å². The number of thiazole rings is 1. The SMILES string of the molecule is Cc1nnc(C2=C(C(=O)S)N3C(=O)[C@@H](NC(=O)Cc4csc(N)n4)[C@H]3SC2)s1. The minimum atomic E-state index is -0.700. The summed E-state index contributed by atoms with van der Waals surface area (Å²) in [5, 5.41) is 13.4. The van der Waals surface area contributed by atoms with Crippen molar-refractivity contribution in [2.45, 2.75) is 24.8 Å². The normalized spacial score (nSPS) is 21.4. The number of nitrogen functional groups attached to an aromatic ring is 1. The number of rotatable bonds is 5. The lowest BCUT2D eigenvalue weighted by Gasteiger charge is -2.49. The van der Waals surface area contributed by atoms with E-state index in [1.165, 1.54) is 39.3 Å². The molecule has 4 heterocycles. The Balaban J connectivity index is 1.52. The maximum absolute atomic E-state index is 12.7. The molecule has 2 aromatic heterocycles. The molecular weight excluding hydrogens is 440 g/mol. The molecule has 2 atom stereocenters. The smallest absolute Gasteiger partial charge is 0.253 e. The number of amides is 2. The minimum Gasteiger partial charge on any atom is -0.375 e. The fourth-order valence-electron chi connectivity index (χ4n) is 2.99. The number of aryl methyl sites for hydroxylation is 1. The molecule has 1 saturated heterocycles. The zero-order valence-electron chi connectivity index (χ0n) is 14.4. The summed E-state index contributed by atoms with van der Waals surface area (Å²) < 4.78 is 0. The van der Waals surface area contributed by atoms with Gasteiger partial charge in [-0.1, -0.05) is 24.0 Å². The summed E-state index contributed by atoms with van der Waals surface area (Å²) in [6, 6.07) is -0.700. The first kappa shape index (κ1) is 19.4. The topological polar surface area (TPSA) is 131 Å². The van der Waals surface area contributed by atoms with Crippen molar-refractivity contribution in [2.75, 3.05) is 11.5 Å². The van der Waals surface area contributed by atoms with Crippen LogP contribution in [0.2, 0.25) is 0 Å². The summed E-state index contributed by atoms with van der Waals surface area (Å²) in [6.45, 7) is 1.82. The minimum absolute atomic E-state index is 0.0401. The third-order valence-corrected chi connectivity index (χ3v) is 7.30. The number of carbonyl (C=O) groups is 3. The first-order chi connectivity index (χ1) is 13.3. The summed E-state index contributed by atoms with van der Waals surface area (Å²) in [6.07, 6.45) is 0.0401. The molecule has 2 amide bonds. The van der Waals surface area contributed by atoms with Gasteiger partial charge in [0.05, 0.1) is 12.1 Å². The number of thiol groups is 1. The van der Waals surface area contributed by atoms with Gasteiger partial charge in [-0.3, -0.25) is 19.3 Å². The van der Waals surface area contributed by atoms with Gasteiger partial charge in [0.1, 0.15) is 27.1 Å². The molecule has 0 aliphatic carbocycles. The Morgan fingerprint density at radius 2 is 2.21 bits per heavy atom. The van der Waals surface area contributed by atoms with E-state index in [9.17, 15) is 14.4 Å². The van der Waals surface area contributed by atoms with Gasteiger partial charge >= 0.3 is 0 Å². The molecule has 2 aliphatic rings. The summed E-state index contributed by atoms with van der Waals surface area (Å²) in [5.74, 6) is -0.198. The van der Waals surface area contributed by atoms with Gasteiger partial charge in [0.15, 0.2) is 5.13 Å². The first-order valence-corrected chi connectivity index (χ1v) is 11.2. The predicted octanol–water partition coefficient (Wildman–Crippen LogP) is 0.695. The standard InChI is InChI=1S/C15H14N6O3S4/c1-5-19-20-11(28-5)7-4-26-13-9(12(23)21(13)10(7)14(24)25)18-8(22)2-6-3-27-15(16)17-6/h3,9,13H,2,4H2,1H3,(H2,16,17)(H,18,22)(H,24,25)/t9-,13-/m1/s1. The molecule has 2 aliphatic heterocycles. The molecule has 9 nitrogen and oxygen atoms in total. The highest BCUT2D eigenvalue weighted by Gasteiger charge is 2.54. The van der Waals surface area contributed by atoms with Crippen LogP contribution < -0.4 is 11.1 Å². The van der Waals surface area contributed by atoms with Crippen molar-refractivity contribution in [1.82, 2.24) is 25.4 Å². The van der Waals surface area contributed by atoms with Gasteiger partial charge in [-0.25, -0.2) is 4.98 Å². The van der Waals surface area contributed by atoms with Crippen molar-refractivity contribution in [2.24, 2.45) is 0 Å². The Kier molecular flexibility index (Phi) is 5.16. The van der Waals surface area contributed by atoms with E-state index in [0.717, 1.165) is 5.01 Å². The van der Waals surface area contributed by atoms with Gasteiger partial charge in [0.2, 0.25) is 11.0 Å². The van der Waals surface area contributed by atoms with E-state index < -0.39 is 11.2 Å². The van der Waals surface area contributed by atoms with Gasteiger partial charge in [-0.15, -0.1) is 33.3 Å². The van der Waals surface area contributed by atoms with Gasteiger partial charge in [-0.05, 0) is 6.92 Å². The summed E-state index contributed by atoms with van der Waals surface area (Å²) in [4.78, 5) is 42.6. The highest BCUT2D eigenvalue weighted by atomic mass is 32.2. The van der Waals surface area contributed by atoms with E-state index in [1.54, 1.807) is 5.38 Å². The van der Waals surface area contributed by atoms with Crippen molar-refractivity contribution in [3.8, 4) is 0 Å². The van der Waals surface area contributed by atoms with Crippen LogP contribution in [0.15, 0.2) is 11.1 Å². The molecule has 28 heavy (non-hydrogen) atoms. The zero-order valence-corrected chi connectivity index (χ0v) is 17.8. The largest absolute Gasteiger partial charge is 0.375 e. The number of β-lactam (4-membered cyclic amide) rings is 1. The number of carbonyl (C=O) groups excluding carboxylic acids is 3. The van der Waals surface area contributed by atoms with Gasteiger partial charge in [-0.2, -0.15) is 0 Å². The van der Waals surface area contributed by atoms with Crippen molar-refractivity contribution in [3.63, 3.8) is 0 Å². The van der Waals surface area contributed by atoms with E-state index in [2.05, 4.69) is 33.1 Å². The average Bonchev–Trinajstić information content (AvgIpc) is 3.26. The van der Waals surface area contributed by atoms with Crippen LogP contribution in [0.3, 0.4) is 0 Å². The summed E-state index contributed by atoms with van der Waals surface area (Å²) in [7, 11) is 0. The molecule has 4 rings (SSSR count). The Morgan fingerprint density at radius 3 is 2.82 bits per heavy atom. The summed E-state index contributed by atoms with van der Waals surface area (Å²) in [5.41, 5.74) is 6.98. The number of fused-ring (bicyclic) bond motifs is 1. The molecule has 0 aromatic carbocycles. The molecule has 0 spiro atoms.